The van der Waals surface area contributed by atoms with E-state index in [1.54, 1.807) is 44.6 Å². The van der Waals surface area contributed by atoms with Gasteiger partial charge in [-0.25, -0.2) is 14.4 Å². The monoisotopic (exact) mass is 311 g/mol. The number of ether oxygens (including phenoxy) is 1. The normalized spacial score (nSPS) is 13.5. The molecule has 0 aromatic heterocycles. The van der Waals surface area contributed by atoms with Gasteiger partial charge in [0.2, 0.25) is 0 Å². The Labute approximate surface area is 128 Å². The molecular formula is C15H26N3O2P. The molecule has 1 N–H and O–H groups in total. The molecular weight excluding hydrogens is 285 g/mol. The van der Waals surface area contributed by atoms with Crippen LogP contribution in [0, 0.1) is 0 Å². The Hall–Kier alpha value is -1.13. The lowest BCUT2D eigenvalue weighted by atomic mass is 10.0. The molecule has 21 heavy (non-hydrogen) atoms. The van der Waals surface area contributed by atoms with Gasteiger partial charge < -0.3 is 4.74 Å². The molecule has 0 saturated heterocycles. The van der Waals surface area contributed by atoms with Gasteiger partial charge in [-0.3, -0.25) is 4.57 Å². The van der Waals surface area contributed by atoms with Crippen molar-refractivity contribution in [1.82, 2.24) is 14.4 Å². The summed E-state index contributed by atoms with van der Waals surface area (Å²) in [6.45, 7) is 3.80. The number of nitrogens with one attached hydrogen (secondary N) is 1. The minimum atomic E-state index is -2.83. The van der Waals surface area contributed by atoms with Crippen LogP contribution in [0.25, 0.3) is 0 Å². The van der Waals surface area contributed by atoms with E-state index in [0.717, 1.165) is 11.3 Å². The molecule has 0 aliphatic heterocycles. The van der Waals surface area contributed by atoms with Crippen LogP contribution in [-0.2, 0) is 4.57 Å². The van der Waals surface area contributed by atoms with Crippen LogP contribution in [0.2, 0.25) is 0 Å². The zero-order valence-electron chi connectivity index (χ0n) is 13.5. The van der Waals surface area contributed by atoms with Gasteiger partial charge in [-0.2, -0.15) is 0 Å². The molecule has 0 aliphatic rings. The fraction of sp³-hybridized carbons (Fsp3) is 0.467. The summed E-state index contributed by atoms with van der Waals surface area (Å²) in [5, 5.41) is 3.28. The maximum Gasteiger partial charge on any atom is 0.283 e. The van der Waals surface area contributed by atoms with Crippen LogP contribution < -0.4 is 9.82 Å². The quantitative estimate of drug-likeness (QED) is 0.590. The van der Waals surface area contributed by atoms with Crippen molar-refractivity contribution in [2.24, 2.45) is 0 Å². The Balaban J connectivity index is 3.18. The van der Waals surface area contributed by atoms with Gasteiger partial charge in [0.15, 0.2) is 0 Å². The van der Waals surface area contributed by atoms with Crippen LogP contribution in [0.1, 0.15) is 18.0 Å². The second-order valence-corrected chi connectivity index (χ2v) is 8.13. The molecule has 0 amide bonds. The largest absolute Gasteiger partial charge is 0.496 e. The molecule has 1 rings (SSSR count). The highest BCUT2D eigenvalue weighted by molar-refractivity contribution is 7.56. The van der Waals surface area contributed by atoms with Gasteiger partial charge in [0.1, 0.15) is 5.75 Å². The first-order valence-corrected chi connectivity index (χ1v) is 8.45. The molecule has 1 unspecified atom stereocenters. The van der Waals surface area contributed by atoms with E-state index in [2.05, 4.69) is 11.7 Å². The van der Waals surface area contributed by atoms with Gasteiger partial charge in [0.05, 0.1) is 7.11 Å². The van der Waals surface area contributed by atoms with Crippen molar-refractivity contribution in [2.75, 3.05) is 35.3 Å². The van der Waals surface area contributed by atoms with Crippen molar-refractivity contribution in [3.63, 3.8) is 0 Å². The zero-order valence-corrected chi connectivity index (χ0v) is 14.4. The number of hydrogen-bond donors (Lipinski definition) is 1. The number of para-hydroxylation sites is 1. The third-order valence-electron chi connectivity index (χ3n) is 3.33. The van der Waals surface area contributed by atoms with E-state index in [4.69, 9.17) is 4.74 Å². The van der Waals surface area contributed by atoms with E-state index in [1.165, 1.54) is 0 Å². The highest BCUT2D eigenvalue weighted by Crippen LogP contribution is 2.48. The summed E-state index contributed by atoms with van der Waals surface area (Å²) >= 11 is 0. The summed E-state index contributed by atoms with van der Waals surface area (Å²) in [6, 6.07) is 7.63. The standard InChI is InChI=1S/C15H26N3O2P/c1-7-10-14(13-11-8-9-12-15(13)20-6)16-21(19,17(2)3)18(4)5/h7-9,11-12,14H,1,10H2,2-6H3,(H,16,19). The predicted molar refractivity (Wildman–Crippen MR) is 88.7 cm³/mol. The summed E-state index contributed by atoms with van der Waals surface area (Å²) in [5.74, 6) is 0.779. The smallest absolute Gasteiger partial charge is 0.283 e. The second kappa shape index (κ2) is 7.76. The molecule has 1 atom stereocenters. The average molecular weight is 311 g/mol. The Morgan fingerprint density at radius 2 is 1.86 bits per heavy atom. The van der Waals surface area contributed by atoms with Gasteiger partial charge in [0, 0.05) is 11.6 Å². The number of nitrogens with zero attached hydrogens (tertiary/aromatic N) is 2. The SMILES string of the molecule is C=CCC(NP(=O)(N(C)C)N(C)C)c1ccccc1OC. The lowest BCUT2D eigenvalue weighted by molar-refractivity contribution is 0.395. The Kier molecular flexibility index (Phi) is 6.62. The molecule has 5 nitrogen and oxygen atoms in total. The van der Waals surface area contributed by atoms with Crippen LogP contribution >= 0.6 is 7.59 Å². The molecule has 6 heteroatoms. The van der Waals surface area contributed by atoms with Crippen LogP contribution in [-0.4, -0.2) is 44.6 Å². The molecule has 0 radical (unpaired) electrons. The molecule has 0 bridgehead atoms. The zero-order chi connectivity index (χ0) is 16.0. The molecule has 1 aromatic carbocycles. The molecule has 0 saturated carbocycles. The van der Waals surface area contributed by atoms with Crippen molar-refractivity contribution >= 4 is 7.59 Å². The van der Waals surface area contributed by atoms with Crippen LogP contribution in [0.3, 0.4) is 0 Å². The molecule has 0 aliphatic carbocycles. The van der Waals surface area contributed by atoms with Crippen molar-refractivity contribution in [1.29, 1.82) is 0 Å². The van der Waals surface area contributed by atoms with Gasteiger partial charge in [-0.1, -0.05) is 24.3 Å². The van der Waals surface area contributed by atoms with E-state index in [1.807, 2.05) is 30.3 Å². The van der Waals surface area contributed by atoms with Crippen LogP contribution in [0.4, 0.5) is 0 Å². The first kappa shape index (κ1) is 17.9. The first-order chi connectivity index (χ1) is 9.86. The minimum Gasteiger partial charge on any atom is -0.496 e. The highest BCUT2D eigenvalue weighted by Gasteiger charge is 2.31. The fourth-order valence-corrected chi connectivity index (χ4v) is 3.99. The third-order valence-corrected chi connectivity index (χ3v) is 6.14. The minimum absolute atomic E-state index is 0.130. The van der Waals surface area contributed by atoms with Gasteiger partial charge in [-0.05, 0) is 40.7 Å². The van der Waals surface area contributed by atoms with E-state index < -0.39 is 7.59 Å². The van der Waals surface area contributed by atoms with Crippen molar-refractivity contribution in [3.05, 3.63) is 42.5 Å². The predicted octanol–water partition coefficient (Wildman–Crippen LogP) is 3.13. The summed E-state index contributed by atoms with van der Waals surface area (Å²) in [7, 11) is 6.03. The maximum atomic E-state index is 13.1. The lowest BCUT2D eigenvalue weighted by Gasteiger charge is -2.34. The number of methoxy groups -OCH3 is 1. The van der Waals surface area contributed by atoms with Crippen molar-refractivity contribution in [2.45, 2.75) is 12.5 Å². The van der Waals surface area contributed by atoms with Crippen LogP contribution in [0.15, 0.2) is 36.9 Å². The van der Waals surface area contributed by atoms with E-state index in [-0.39, 0.29) is 6.04 Å². The van der Waals surface area contributed by atoms with Gasteiger partial charge >= 0.3 is 0 Å². The fourth-order valence-electron chi connectivity index (χ4n) is 2.16. The Morgan fingerprint density at radius 3 is 2.33 bits per heavy atom. The third kappa shape index (κ3) is 4.17. The summed E-state index contributed by atoms with van der Waals surface area (Å²) in [5.41, 5.74) is 0.976. The van der Waals surface area contributed by atoms with Gasteiger partial charge in [-0.15, -0.1) is 6.58 Å². The molecule has 1 aromatic rings. The summed E-state index contributed by atoms with van der Waals surface area (Å²) in [4.78, 5) is 0. The summed E-state index contributed by atoms with van der Waals surface area (Å²) in [6.07, 6.45) is 2.48. The van der Waals surface area contributed by atoms with Gasteiger partial charge in [0.25, 0.3) is 7.59 Å². The topological polar surface area (TPSA) is 44.8 Å². The van der Waals surface area contributed by atoms with E-state index in [9.17, 15) is 4.57 Å². The lowest BCUT2D eigenvalue weighted by Crippen LogP contribution is -2.33. The molecule has 0 spiro atoms. The molecule has 0 fully saturated rings. The number of hydrogen-bond acceptors (Lipinski definition) is 2. The Bertz CT molecular complexity index is 505. The molecule has 118 valence electrons. The Morgan fingerprint density at radius 1 is 1.29 bits per heavy atom. The first-order valence-electron chi connectivity index (χ1n) is 6.84. The summed E-state index contributed by atoms with van der Waals surface area (Å²) < 4.78 is 22.0. The van der Waals surface area contributed by atoms with Crippen molar-refractivity contribution in [3.8, 4) is 5.75 Å². The second-order valence-electron chi connectivity index (χ2n) is 5.19. The molecule has 0 heterocycles. The average Bonchev–Trinajstić information content (AvgIpc) is 2.46. The number of benzene rings is 1. The maximum absolute atomic E-state index is 13.1. The van der Waals surface area contributed by atoms with Crippen molar-refractivity contribution < 1.29 is 9.30 Å². The van der Waals surface area contributed by atoms with E-state index >= 15 is 0 Å². The highest BCUT2D eigenvalue weighted by atomic mass is 31.2. The van der Waals surface area contributed by atoms with E-state index in [0.29, 0.717) is 6.42 Å². The number of rotatable bonds is 8. The van der Waals surface area contributed by atoms with Crippen LogP contribution in [0.5, 0.6) is 5.75 Å².